The van der Waals surface area contributed by atoms with E-state index < -0.39 is 0 Å². The van der Waals surface area contributed by atoms with Gasteiger partial charge in [0.15, 0.2) is 0 Å². The number of benzene rings is 1. The van der Waals surface area contributed by atoms with Crippen molar-refractivity contribution in [1.29, 1.82) is 0 Å². The number of halogens is 2. The lowest BCUT2D eigenvalue weighted by Crippen LogP contribution is -2.23. The minimum absolute atomic E-state index is 0.0453. The molecule has 4 heteroatoms. The van der Waals surface area contributed by atoms with Gasteiger partial charge < -0.3 is 10.0 Å². The Kier molecular flexibility index (Phi) is 4.20. The third kappa shape index (κ3) is 2.85. The monoisotopic (exact) mass is 233 g/mol. The van der Waals surface area contributed by atoms with E-state index in [1.807, 2.05) is 31.1 Å². The maximum atomic E-state index is 9.20. The number of nitrogens with zero attached hydrogens (tertiary/aromatic N) is 1. The second-order valence-electron chi connectivity index (χ2n) is 3.36. The maximum absolute atomic E-state index is 9.20. The first-order chi connectivity index (χ1) is 6.54. The van der Waals surface area contributed by atoms with Gasteiger partial charge in [-0.3, -0.25) is 0 Å². The minimum Gasteiger partial charge on any atom is -0.394 e. The van der Waals surface area contributed by atoms with Crippen LogP contribution in [0.4, 0.5) is 0 Å². The smallest absolute Gasteiger partial charge is 0.0628 e. The van der Waals surface area contributed by atoms with E-state index in [4.69, 9.17) is 23.2 Å². The van der Waals surface area contributed by atoms with E-state index in [2.05, 4.69) is 0 Å². The first-order valence-corrected chi connectivity index (χ1v) is 5.03. The lowest BCUT2D eigenvalue weighted by molar-refractivity contribution is 0.171. The first-order valence-electron chi connectivity index (χ1n) is 4.28. The molecule has 0 aliphatic rings. The molecule has 0 spiro atoms. The molecule has 0 fully saturated rings. The predicted octanol–water partition coefficient (Wildman–Crippen LogP) is 2.59. The summed E-state index contributed by atoms with van der Waals surface area (Å²) < 4.78 is 0. The summed E-state index contributed by atoms with van der Waals surface area (Å²) in [6, 6.07) is 5.24. The summed E-state index contributed by atoms with van der Waals surface area (Å²) >= 11 is 11.7. The summed E-state index contributed by atoms with van der Waals surface area (Å²) in [6.07, 6.45) is 0. The molecule has 0 aromatic heterocycles. The molecule has 1 aromatic carbocycles. The quantitative estimate of drug-likeness (QED) is 0.868. The number of hydrogen-bond donors (Lipinski definition) is 1. The molecule has 1 rings (SSSR count). The van der Waals surface area contributed by atoms with Gasteiger partial charge in [0.1, 0.15) is 0 Å². The lowest BCUT2D eigenvalue weighted by Gasteiger charge is -2.22. The average Bonchev–Trinajstić information content (AvgIpc) is 2.02. The Bertz CT molecular complexity index is 295. The highest BCUT2D eigenvalue weighted by Gasteiger charge is 2.13. The highest BCUT2D eigenvalue weighted by molar-refractivity contribution is 6.34. The van der Waals surface area contributed by atoms with Gasteiger partial charge in [0.05, 0.1) is 12.6 Å². The molecule has 78 valence electrons. The van der Waals surface area contributed by atoms with Crippen LogP contribution in [-0.4, -0.2) is 30.7 Å². The number of likely N-dealkylation sites (N-methyl/N-ethyl adjacent to an activating group) is 1. The van der Waals surface area contributed by atoms with Gasteiger partial charge in [-0.05, 0) is 37.9 Å². The Morgan fingerprint density at radius 3 is 2.07 bits per heavy atom. The second-order valence-corrected chi connectivity index (χ2v) is 4.24. The second kappa shape index (κ2) is 4.99. The fourth-order valence-electron chi connectivity index (χ4n) is 1.33. The zero-order valence-electron chi connectivity index (χ0n) is 8.17. The van der Waals surface area contributed by atoms with Gasteiger partial charge in [0.25, 0.3) is 0 Å². The van der Waals surface area contributed by atoms with E-state index in [1.54, 1.807) is 6.07 Å². The molecule has 14 heavy (non-hydrogen) atoms. The summed E-state index contributed by atoms with van der Waals surface area (Å²) in [7, 11) is 3.80. The maximum Gasteiger partial charge on any atom is 0.0628 e. The van der Waals surface area contributed by atoms with Crippen LogP contribution in [0.1, 0.15) is 11.6 Å². The van der Waals surface area contributed by atoms with Crippen LogP contribution >= 0.6 is 23.2 Å². The highest BCUT2D eigenvalue weighted by atomic mass is 35.5. The van der Waals surface area contributed by atoms with Gasteiger partial charge in [0, 0.05) is 10.0 Å². The fourth-order valence-corrected chi connectivity index (χ4v) is 1.88. The fraction of sp³-hybridized carbons (Fsp3) is 0.400. The van der Waals surface area contributed by atoms with Crippen molar-refractivity contribution in [2.75, 3.05) is 20.7 Å². The molecule has 0 radical (unpaired) electrons. The summed E-state index contributed by atoms with van der Waals surface area (Å²) in [5.41, 5.74) is 0.926. The van der Waals surface area contributed by atoms with Crippen molar-refractivity contribution in [1.82, 2.24) is 4.90 Å². The molecular weight excluding hydrogens is 221 g/mol. The van der Waals surface area contributed by atoms with Crippen LogP contribution in [0.15, 0.2) is 18.2 Å². The summed E-state index contributed by atoms with van der Waals surface area (Å²) in [4.78, 5) is 1.92. The van der Waals surface area contributed by atoms with E-state index in [9.17, 15) is 5.11 Å². The molecule has 0 amide bonds. The summed E-state index contributed by atoms with van der Waals surface area (Å²) in [5, 5.41) is 10.4. The zero-order chi connectivity index (χ0) is 10.7. The number of aliphatic hydroxyl groups is 1. The van der Waals surface area contributed by atoms with Crippen molar-refractivity contribution < 1.29 is 5.11 Å². The van der Waals surface area contributed by atoms with Gasteiger partial charge in [0.2, 0.25) is 0 Å². The number of hydrogen-bond acceptors (Lipinski definition) is 2. The van der Waals surface area contributed by atoms with Crippen LogP contribution < -0.4 is 0 Å². The van der Waals surface area contributed by atoms with Crippen LogP contribution in [-0.2, 0) is 0 Å². The molecule has 0 bridgehead atoms. The Morgan fingerprint density at radius 2 is 1.71 bits per heavy atom. The average molecular weight is 234 g/mol. The predicted molar refractivity (Wildman–Crippen MR) is 60.0 cm³/mol. The van der Waals surface area contributed by atoms with Crippen LogP contribution in [0.3, 0.4) is 0 Å². The Hall–Kier alpha value is -0.280. The molecule has 0 aliphatic heterocycles. The number of rotatable bonds is 3. The largest absolute Gasteiger partial charge is 0.394 e. The van der Waals surface area contributed by atoms with Gasteiger partial charge in [-0.25, -0.2) is 0 Å². The van der Waals surface area contributed by atoms with Gasteiger partial charge in [-0.2, -0.15) is 0 Å². The Balaban J connectivity index is 3.04. The van der Waals surface area contributed by atoms with E-state index in [-0.39, 0.29) is 12.6 Å². The Morgan fingerprint density at radius 1 is 1.21 bits per heavy atom. The lowest BCUT2D eigenvalue weighted by atomic mass is 10.1. The third-order valence-corrected chi connectivity index (χ3v) is 2.50. The normalized spacial score (nSPS) is 13.3. The van der Waals surface area contributed by atoms with E-state index in [0.717, 1.165) is 5.56 Å². The van der Waals surface area contributed by atoms with Crippen LogP contribution in [0.2, 0.25) is 10.0 Å². The van der Waals surface area contributed by atoms with Gasteiger partial charge in [-0.1, -0.05) is 23.2 Å². The molecule has 0 saturated carbocycles. The minimum atomic E-state index is -0.0637. The first kappa shape index (κ1) is 11.8. The molecule has 1 unspecified atom stereocenters. The molecule has 1 atom stereocenters. The number of aliphatic hydroxyl groups excluding tert-OH is 1. The zero-order valence-corrected chi connectivity index (χ0v) is 9.68. The Labute approximate surface area is 94.1 Å². The molecule has 1 aromatic rings. The van der Waals surface area contributed by atoms with Crippen molar-refractivity contribution in [3.05, 3.63) is 33.8 Å². The van der Waals surface area contributed by atoms with Crippen LogP contribution in [0.25, 0.3) is 0 Å². The summed E-state index contributed by atoms with van der Waals surface area (Å²) in [5.74, 6) is 0. The molecule has 0 heterocycles. The van der Waals surface area contributed by atoms with E-state index >= 15 is 0 Å². The van der Waals surface area contributed by atoms with Crippen LogP contribution in [0, 0.1) is 0 Å². The highest BCUT2D eigenvalue weighted by Crippen LogP contribution is 2.25. The standard InChI is InChI=1S/C10H13Cl2NO/c1-13(2)10(6-14)7-3-8(11)5-9(12)4-7/h3-5,10,14H,6H2,1-2H3. The van der Waals surface area contributed by atoms with Crippen molar-refractivity contribution in [2.24, 2.45) is 0 Å². The van der Waals surface area contributed by atoms with Crippen molar-refractivity contribution in [3.63, 3.8) is 0 Å². The van der Waals surface area contributed by atoms with E-state index in [1.165, 1.54) is 0 Å². The van der Waals surface area contributed by atoms with E-state index in [0.29, 0.717) is 10.0 Å². The van der Waals surface area contributed by atoms with Crippen LogP contribution in [0.5, 0.6) is 0 Å². The third-order valence-electron chi connectivity index (χ3n) is 2.07. The molecule has 2 nitrogen and oxygen atoms in total. The van der Waals surface area contributed by atoms with Crippen molar-refractivity contribution in [3.8, 4) is 0 Å². The van der Waals surface area contributed by atoms with Gasteiger partial charge in [-0.15, -0.1) is 0 Å². The summed E-state index contributed by atoms with van der Waals surface area (Å²) in [6.45, 7) is 0.0453. The molecule has 0 aliphatic carbocycles. The molecule has 1 N–H and O–H groups in total. The molecule has 0 saturated heterocycles. The van der Waals surface area contributed by atoms with Crippen molar-refractivity contribution in [2.45, 2.75) is 6.04 Å². The molecular formula is C10H13Cl2NO. The SMILES string of the molecule is CN(C)C(CO)c1cc(Cl)cc(Cl)c1. The van der Waals surface area contributed by atoms with Crippen molar-refractivity contribution >= 4 is 23.2 Å². The topological polar surface area (TPSA) is 23.5 Å². The van der Waals surface area contributed by atoms with Gasteiger partial charge >= 0.3 is 0 Å².